The molecule has 0 fully saturated rings. The van der Waals surface area contributed by atoms with Gasteiger partial charge in [-0.1, -0.05) is 243 Å². The van der Waals surface area contributed by atoms with Crippen LogP contribution in [0.3, 0.4) is 0 Å². The fourth-order valence-corrected chi connectivity index (χ4v) is 15.4. The molecular formula is C87H58N2O2. The summed E-state index contributed by atoms with van der Waals surface area (Å²) < 4.78 is 14.4. The Bertz CT molecular complexity index is 5710. The van der Waals surface area contributed by atoms with Gasteiger partial charge in [-0.3, -0.25) is 0 Å². The third kappa shape index (κ3) is 7.96. The van der Waals surface area contributed by atoms with Crippen molar-refractivity contribution in [1.29, 1.82) is 0 Å². The molecule has 1 aliphatic carbocycles. The van der Waals surface area contributed by atoms with Crippen molar-refractivity contribution in [1.82, 2.24) is 0 Å². The average Bonchev–Trinajstić information content (AvgIpc) is 1.53. The Morgan fingerprint density at radius 1 is 0.264 bits per heavy atom. The van der Waals surface area contributed by atoms with Crippen LogP contribution >= 0.6 is 0 Å². The molecule has 0 saturated carbocycles. The lowest BCUT2D eigenvalue weighted by Gasteiger charge is -2.35. The first kappa shape index (κ1) is 52.4. The van der Waals surface area contributed by atoms with E-state index in [1.54, 1.807) is 0 Å². The second-order valence-corrected chi connectivity index (χ2v) is 24.3. The van der Waals surface area contributed by atoms with Gasteiger partial charge in [0.1, 0.15) is 11.2 Å². The summed E-state index contributed by atoms with van der Waals surface area (Å²) in [7, 11) is 0. The summed E-state index contributed by atoms with van der Waals surface area (Å²) >= 11 is 0. The molecule has 0 bridgehead atoms. The quantitative estimate of drug-likeness (QED) is 0.128. The van der Waals surface area contributed by atoms with Gasteiger partial charge in [0, 0.05) is 55.4 Å². The van der Waals surface area contributed by atoms with Crippen molar-refractivity contribution in [3.8, 4) is 33.4 Å². The molecule has 0 aliphatic heterocycles. The first-order chi connectivity index (χ1) is 45.0. The fourth-order valence-electron chi connectivity index (χ4n) is 15.4. The second kappa shape index (κ2) is 20.7. The molecule has 0 radical (unpaired) electrons. The lowest BCUT2D eigenvalue weighted by molar-refractivity contribution is 0.670. The summed E-state index contributed by atoms with van der Waals surface area (Å²) in [5, 5.41) is 11.4. The Morgan fingerprint density at radius 3 is 1.23 bits per heavy atom. The lowest BCUT2D eigenvalue weighted by Crippen LogP contribution is -2.29. The first-order valence-corrected chi connectivity index (χ1v) is 31.4. The van der Waals surface area contributed by atoms with E-state index in [0.717, 1.165) is 99.9 Å². The maximum atomic E-state index is 7.23. The van der Waals surface area contributed by atoms with Gasteiger partial charge in [-0.15, -0.1) is 0 Å². The molecule has 2 heterocycles. The number of nitrogens with zero attached hydrogens (tertiary/aromatic N) is 2. The van der Waals surface area contributed by atoms with Crippen LogP contribution in [0.4, 0.5) is 34.1 Å². The molecule has 0 spiro atoms. The van der Waals surface area contributed by atoms with Crippen LogP contribution in [0, 0.1) is 13.8 Å². The van der Waals surface area contributed by atoms with Gasteiger partial charge in [0.05, 0.1) is 16.8 Å². The highest BCUT2D eigenvalue weighted by molar-refractivity contribution is 6.22. The van der Waals surface area contributed by atoms with Crippen LogP contribution in [-0.4, -0.2) is 0 Å². The zero-order valence-corrected chi connectivity index (χ0v) is 50.2. The van der Waals surface area contributed by atoms with Crippen molar-refractivity contribution in [3.05, 3.63) is 349 Å². The molecule has 0 N–H and O–H groups in total. The highest BCUT2D eigenvalue weighted by Gasteiger charge is 2.48. The Morgan fingerprint density at radius 2 is 0.692 bits per heavy atom. The summed E-state index contributed by atoms with van der Waals surface area (Å²) in [5.74, 6) is 0. The standard InChI is InChI=1S/C87H58N2O2/c1-55-25-15-17-35-65(55)70-39-21-41-72-74-43-23-45-79(85(74)90-83(70)72)88(61-31-11-5-12-32-61)63-48-47-57-52-77-78(53-58(57)51-63)87(59-27-7-3-8-28-59,60-29-9-4-10-30-60)82-69-50-49-64(54-76(69)67-37-19-20-38-68(67)81(77)82)89(62-33-13-6-14-34-62)80-46-24-44-75-73-42-22-40-71(84(73)91-86(75)80)66-36-18-16-26-56(66)2/h3-54H,1-2H3. The minimum atomic E-state index is -0.747. The minimum Gasteiger partial charge on any atom is -0.453 e. The van der Waals surface area contributed by atoms with Gasteiger partial charge in [0.15, 0.2) is 11.2 Å². The molecular weight excluding hydrogens is 1100 g/mol. The zero-order chi connectivity index (χ0) is 60.3. The largest absolute Gasteiger partial charge is 0.453 e. The monoisotopic (exact) mass is 1160 g/mol. The van der Waals surface area contributed by atoms with Crippen molar-refractivity contribution in [2.24, 2.45) is 0 Å². The predicted octanol–water partition coefficient (Wildman–Crippen LogP) is 24.2. The molecule has 0 atom stereocenters. The molecule has 17 aromatic rings. The van der Waals surface area contributed by atoms with Gasteiger partial charge in [0.2, 0.25) is 0 Å². The second-order valence-electron chi connectivity index (χ2n) is 24.3. The Balaban J connectivity index is 0.867. The Labute approximate surface area is 527 Å². The van der Waals surface area contributed by atoms with Gasteiger partial charge < -0.3 is 18.6 Å². The third-order valence-corrected chi connectivity index (χ3v) is 19.3. The van der Waals surface area contributed by atoms with E-state index >= 15 is 0 Å². The molecule has 15 aromatic carbocycles. The molecule has 428 valence electrons. The van der Waals surface area contributed by atoms with Gasteiger partial charge in [-0.05, 0) is 175 Å². The van der Waals surface area contributed by atoms with Crippen LogP contribution in [0.2, 0.25) is 0 Å². The number of furan rings is 2. The summed E-state index contributed by atoms with van der Waals surface area (Å²) in [5.41, 5.74) is 23.1. The highest BCUT2D eigenvalue weighted by atomic mass is 16.3. The molecule has 0 amide bonds. The van der Waals surface area contributed by atoms with E-state index in [-0.39, 0.29) is 0 Å². The molecule has 0 saturated heterocycles. The van der Waals surface area contributed by atoms with Crippen LogP contribution in [0.5, 0.6) is 0 Å². The number of aryl methyl sites for hydroxylation is 2. The van der Waals surface area contributed by atoms with Crippen molar-refractivity contribution in [2.45, 2.75) is 19.3 Å². The molecule has 2 aromatic heterocycles. The number of hydrogen-bond acceptors (Lipinski definition) is 4. The topological polar surface area (TPSA) is 32.8 Å². The van der Waals surface area contributed by atoms with Crippen molar-refractivity contribution in [3.63, 3.8) is 0 Å². The highest BCUT2D eigenvalue weighted by Crippen LogP contribution is 2.62. The lowest BCUT2D eigenvalue weighted by atomic mass is 9.66. The average molecular weight is 1160 g/mol. The maximum Gasteiger partial charge on any atom is 0.159 e. The molecule has 91 heavy (non-hydrogen) atoms. The molecule has 4 heteroatoms. The first-order valence-electron chi connectivity index (χ1n) is 31.4. The fraction of sp³-hybridized carbons (Fsp3) is 0.0345. The smallest absolute Gasteiger partial charge is 0.159 e. The van der Waals surface area contributed by atoms with E-state index in [1.165, 1.54) is 77.2 Å². The van der Waals surface area contributed by atoms with Crippen molar-refractivity contribution < 1.29 is 8.83 Å². The normalized spacial score (nSPS) is 12.6. The number of anilines is 6. The number of para-hydroxylation sites is 6. The summed E-state index contributed by atoms with van der Waals surface area (Å²) in [6.07, 6.45) is 0. The van der Waals surface area contributed by atoms with Crippen LogP contribution in [-0.2, 0) is 5.41 Å². The van der Waals surface area contributed by atoms with E-state index in [9.17, 15) is 0 Å². The van der Waals surface area contributed by atoms with Gasteiger partial charge >= 0.3 is 0 Å². The number of hydrogen-bond donors (Lipinski definition) is 0. The van der Waals surface area contributed by atoms with E-state index in [4.69, 9.17) is 8.83 Å². The number of benzene rings is 15. The summed E-state index contributed by atoms with van der Waals surface area (Å²) in [6, 6.07) is 116. The summed E-state index contributed by atoms with van der Waals surface area (Å²) in [4.78, 5) is 4.76. The van der Waals surface area contributed by atoms with Crippen molar-refractivity contribution >= 4 is 110 Å². The van der Waals surface area contributed by atoms with E-state index in [2.05, 4.69) is 339 Å². The van der Waals surface area contributed by atoms with Crippen LogP contribution < -0.4 is 9.80 Å². The summed E-state index contributed by atoms with van der Waals surface area (Å²) in [6.45, 7) is 4.34. The number of fused-ring (bicyclic) bond motifs is 15. The van der Waals surface area contributed by atoms with Crippen LogP contribution in [0.1, 0.15) is 33.4 Å². The molecule has 4 nitrogen and oxygen atoms in total. The van der Waals surface area contributed by atoms with E-state index in [1.807, 2.05) is 0 Å². The van der Waals surface area contributed by atoms with Gasteiger partial charge in [-0.25, -0.2) is 0 Å². The Kier molecular flexibility index (Phi) is 11.9. The molecule has 18 rings (SSSR count). The maximum absolute atomic E-state index is 7.23. The van der Waals surface area contributed by atoms with Crippen LogP contribution in [0.15, 0.2) is 324 Å². The molecule has 1 aliphatic rings. The zero-order valence-electron chi connectivity index (χ0n) is 50.2. The third-order valence-electron chi connectivity index (χ3n) is 19.3. The minimum absolute atomic E-state index is 0.747. The number of rotatable bonds is 10. The van der Waals surface area contributed by atoms with Gasteiger partial charge in [0.25, 0.3) is 0 Å². The van der Waals surface area contributed by atoms with E-state index in [0.29, 0.717) is 0 Å². The molecule has 0 unspecified atom stereocenters. The Hall–Kier alpha value is -11.7. The SMILES string of the molecule is Cc1ccccc1-c1cccc2c1oc1c(N(c3ccccc3)c3ccc4cc5c(cc4c3)C(c3ccccc3)(c3ccccc3)c3c-5c4ccccc4c4cc(N(c5ccccc5)c5cccc6c5oc5c(-c7ccccc7C)cccc56)ccc34)cccc12. The van der Waals surface area contributed by atoms with E-state index < -0.39 is 5.41 Å². The predicted molar refractivity (Wildman–Crippen MR) is 381 cm³/mol. The van der Waals surface area contributed by atoms with Gasteiger partial charge in [-0.2, -0.15) is 0 Å². The van der Waals surface area contributed by atoms with Crippen LogP contribution in [0.25, 0.3) is 110 Å². The van der Waals surface area contributed by atoms with Crippen molar-refractivity contribution in [2.75, 3.05) is 9.80 Å².